The van der Waals surface area contributed by atoms with Gasteiger partial charge in [-0.1, -0.05) is 6.92 Å². The second kappa shape index (κ2) is 4.52. The Morgan fingerprint density at radius 3 is 2.94 bits per heavy atom. The summed E-state index contributed by atoms with van der Waals surface area (Å²) in [6, 6.07) is 7.87. The van der Waals surface area contributed by atoms with Crippen molar-refractivity contribution in [1.82, 2.24) is 15.2 Å². The molecule has 0 aliphatic carbocycles. The van der Waals surface area contributed by atoms with E-state index in [4.69, 9.17) is 9.15 Å². The van der Waals surface area contributed by atoms with Crippen LogP contribution in [0.1, 0.15) is 18.7 Å². The van der Waals surface area contributed by atoms with Crippen LogP contribution in [0.3, 0.4) is 0 Å². The van der Waals surface area contributed by atoms with Crippen molar-refractivity contribution in [2.24, 2.45) is 0 Å². The molecule has 0 radical (unpaired) electrons. The molecule has 18 heavy (non-hydrogen) atoms. The molecule has 0 fully saturated rings. The highest BCUT2D eigenvalue weighted by molar-refractivity contribution is 5.80. The van der Waals surface area contributed by atoms with E-state index >= 15 is 0 Å². The lowest BCUT2D eigenvalue weighted by Gasteiger charge is -2.02. The van der Waals surface area contributed by atoms with Gasteiger partial charge in [0.25, 0.3) is 5.89 Å². The van der Waals surface area contributed by atoms with Gasteiger partial charge < -0.3 is 14.1 Å². The summed E-state index contributed by atoms with van der Waals surface area (Å²) in [5.41, 5.74) is 1.09. The number of nitrogens with zero attached hydrogens (tertiary/aromatic N) is 2. The minimum Gasteiger partial charge on any atom is -0.484 e. The van der Waals surface area contributed by atoms with Crippen molar-refractivity contribution >= 4 is 10.9 Å². The predicted octanol–water partition coefficient (Wildman–Crippen LogP) is 2.69. The van der Waals surface area contributed by atoms with E-state index in [2.05, 4.69) is 15.2 Å². The number of ether oxygens (including phenoxy) is 1. The Balaban J connectivity index is 1.72. The van der Waals surface area contributed by atoms with E-state index in [1.165, 1.54) is 0 Å². The van der Waals surface area contributed by atoms with Gasteiger partial charge in [0.15, 0.2) is 6.61 Å². The first-order valence-corrected chi connectivity index (χ1v) is 5.86. The lowest BCUT2D eigenvalue weighted by Crippen LogP contribution is -1.95. The lowest BCUT2D eigenvalue weighted by atomic mass is 10.2. The predicted molar refractivity (Wildman–Crippen MR) is 66.3 cm³/mol. The Kier molecular flexibility index (Phi) is 2.72. The van der Waals surface area contributed by atoms with Crippen molar-refractivity contribution < 1.29 is 9.15 Å². The largest absolute Gasteiger partial charge is 0.484 e. The number of aromatic amines is 1. The van der Waals surface area contributed by atoms with Crippen molar-refractivity contribution in [2.75, 3.05) is 0 Å². The summed E-state index contributed by atoms with van der Waals surface area (Å²) in [5.74, 6) is 1.93. The molecule has 5 heteroatoms. The molecule has 0 unspecified atom stereocenters. The van der Waals surface area contributed by atoms with Crippen molar-refractivity contribution in [1.29, 1.82) is 0 Å². The second-order valence-corrected chi connectivity index (χ2v) is 3.96. The average molecular weight is 243 g/mol. The van der Waals surface area contributed by atoms with Gasteiger partial charge in [-0.15, -0.1) is 10.2 Å². The smallest absolute Gasteiger partial charge is 0.253 e. The monoisotopic (exact) mass is 243 g/mol. The van der Waals surface area contributed by atoms with Crippen LogP contribution < -0.4 is 4.74 Å². The van der Waals surface area contributed by atoms with Crippen LogP contribution in [0.2, 0.25) is 0 Å². The second-order valence-electron chi connectivity index (χ2n) is 3.96. The van der Waals surface area contributed by atoms with Crippen LogP contribution >= 0.6 is 0 Å². The topological polar surface area (TPSA) is 63.9 Å². The normalized spacial score (nSPS) is 10.9. The van der Waals surface area contributed by atoms with E-state index in [1.54, 1.807) is 0 Å². The Hall–Kier alpha value is -2.30. The molecule has 92 valence electrons. The molecule has 0 aliphatic rings. The summed E-state index contributed by atoms with van der Waals surface area (Å²) < 4.78 is 11.0. The highest BCUT2D eigenvalue weighted by atomic mass is 16.5. The zero-order valence-electron chi connectivity index (χ0n) is 10.0. The van der Waals surface area contributed by atoms with Crippen LogP contribution in [0.5, 0.6) is 5.75 Å². The molecule has 1 aromatic carbocycles. The minimum absolute atomic E-state index is 0.295. The number of benzene rings is 1. The lowest BCUT2D eigenvalue weighted by molar-refractivity contribution is 0.259. The summed E-state index contributed by atoms with van der Waals surface area (Å²) in [6.45, 7) is 2.26. The van der Waals surface area contributed by atoms with Crippen LogP contribution in [0.25, 0.3) is 10.9 Å². The molecule has 0 bridgehead atoms. The van der Waals surface area contributed by atoms with Crippen molar-refractivity contribution in [3.63, 3.8) is 0 Å². The van der Waals surface area contributed by atoms with Gasteiger partial charge in [-0.3, -0.25) is 0 Å². The molecular formula is C13H13N3O2. The van der Waals surface area contributed by atoms with Crippen molar-refractivity contribution in [3.8, 4) is 5.75 Å². The molecule has 0 aliphatic heterocycles. The number of rotatable bonds is 4. The van der Waals surface area contributed by atoms with Crippen LogP contribution in [-0.2, 0) is 13.0 Å². The first-order valence-electron chi connectivity index (χ1n) is 5.86. The quantitative estimate of drug-likeness (QED) is 0.765. The standard InChI is InChI=1S/C13H13N3O2/c1-2-12-15-16-13(18-12)8-17-10-3-4-11-9(7-10)5-6-14-11/h3-7,14H,2,8H2,1H3. The van der Waals surface area contributed by atoms with E-state index in [0.29, 0.717) is 18.4 Å². The van der Waals surface area contributed by atoms with E-state index < -0.39 is 0 Å². The van der Waals surface area contributed by atoms with E-state index in [-0.39, 0.29) is 0 Å². The van der Waals surface area contributed by atoms with Gasteiger partial charge in [0, 0.05) is 23.5 Å². The highest BCUT2D eigenvalue weighted by Gasteiger charge is 2.05. The third-order valence-corrected chi connectivity index (χ3v) is 2.70. The van der Waals surface area contributed by atoms with E-state index in [1.807, 2.05) is 37.4 Å². The van der Waals surface area contributed by atoms with Gasteiger partial charge in [0.05, 0.1) is 0 Å². The number of aryl methyl sites for hydroxylation is 1. The summed E-state index contributed by atoms with van der Waals surface area (Å²) in [6.07, 6.45) is 2.64. The third-order valence-electron chi connectivity index (χ3n) is 2.70. The first-order chi connectivity index (χ1) is 8.85. The fourth-order valence-electron chi connectivity index (χ4n) is 1.76. The fourth-order valence-corrected chi connectivity index (χ4v) is 1.76. The number of hydrogen-bond acceptors (Lipinski definition) is 4. The molecule has 5 nitrogen and oxygen atoms in total. The molecule has 2 aromatic heterocycles. The SMILES string of the molecule is CCc1nnc(COc2ccc3[nH]ccc3c2)o1. The van der Waals surface area contributed by atoms with Gasteiger partial charge in [0.2, 0.25) is 5.89 Å². The number of aromatic nitrogens is 3. The molecule has 0 spiro atoms. The van der Waals surface area contributed by atoms with Gasteiger partial charge in [-0.2, -0.15) is 0 Å². The van der Waals surface area contributed by atoms with Crippen molar-refractivity contribution in [2.45, 2.75) is 20.0 Å². The van der Waals surface area contributed by atoms with Gasteiger partial charge in [-0.25, -0.2) is 0 Å². The third kappa shape index (κ3) is 2.07. The highest BCUT2D eigenvalue weighted by Crippen LogP contribution is 2.20. The number of hydrogen-bond donors (Lipinski definition) is 1. The number of nitrogens with one attached hydrogen (secondary N) is 1. The Morgan fingerprint density at radius 2 is 2.11 bits per heavy atom. The first kappa shape index (κ1) is 10.8. The van der Waals surface area contributed by atoms with E-state index in [0.717, 1.165) is 23.1 Å². The molecule has 3 rings (SSSR count). The maximum absolute atomic E-state index is 5.62. The van der Waals surface area contributed by atoms with Crippen LogP contribution in [0, 0.1) is 0 Å². The molecule has 0 saturated carbocycles. The Morgan fingerprint density at radius 1 is 1.22 bits per heavy atom. The average Bonchev–Trinajstić information content (AvgIpc) is 3.04. The Labute approximate surface area is 104 Å². The molecule has 3 aromatic rings. The molecule has 2 heterocycles. The van der Waals surface area contributed by atoms with Gasteiger partial charge in [-0.05, 0) is 24.3 Å². The summed E-state index contributed by atoms with van der Waals surface area (Å²) in [4.78, 5) is 3.14. The molecule has 0 saturated heterocycles. The zero-order valence-corrected chi connectivity index (χ0v) is 10.0. The zero-order chi connectivity index (χ0) is 12.4. The Bertz CT molecular complexity index is 657. The fraction of sp³-hybridized carbons (Fsp3) is 0.231. The minimum atomic E-state index is 0.295. The van der Waals surface area contributed by atoms with E-state index in [9.17, 15) is 0 Å². The summed E-state index contributed by atoms with van der Waals surface area (Å²) in [7, 11) is 0. The van der Waals surface area contributed by atoms with Crippen LogP contribution in [0.4, 0.5) is 0 Å². The maximum Gasteiger partial charge on any atom is 0.253 e. The molecule has 1 N–H and O–H groups in total. The molecule has 0 amide bonds. The number of fused-ring (bicyclic) bond motifs is 1. The van der Waals surface area contributed by atoms with Crippen LogP contribution in [0.15, 0.2) is 34.9 Å². The van der Waals surface area contributed by atoms with Crippen molar-refractivity contribution in [3.05, 3.63) is 42.2 Å². The molecular weight excluding hydrogens is 230 g/mol. The van der Waals surface area contributed by atoms with Crippen LogP contribution in [-0.4, -0.2) is 15.2 Å². The number of H-pyrrole nitrogens is 1. The summed E-state index contributed by atoms with van der Waals surface area (Å²) >= 11 is 0. The summed E-state index contributed by atoms with van der Waals surface area (Å²) in [5, 5.41) is 8.91. The maximum atomic E-state index is 5.62. The van der Waals surface area contributed by atoms with Gasteiger partial charge >= 0.3 is 0 Å². The molecule has 0 atom stereocenters. The van der Waals surface area contributed by atoms with Gasteiger partial charge in [0.1, 0.15) is 5.75 Å².